The van der Waals surface area contributed by atoms with Crippen LogP contribution in [-0.4, -0.2) is 86.9 Å². The number of hydrogen-bond donors (Lipinski definition) is 1. The number of morpholine rings is 1. The predicted octanol–water partition coefficient (Wildman–Crippen LogP) is 0.776. The smallest absolute Gasteiger partial charge is 0.242 e. The van der Waals surface area contributed by atoms with Gasteiger partial charge in [0, 0.05) is 45.9 Å². The molecule has 23 heavy (non-hydrogen) atoms. The first-order valence-electron chi connectivity index (χ1n) is 8.04. The van der Waals surface area contributed by atoms with Crippen molar-refractivity contribution in [3.63, 3.8) is 0 Å². The van der Waals surface area contributed by atoms with Gasteiger partial charge in [-0.05, 0) is 13.3 Å². The van der Waals surface area contributed by atoms with E-state index in [0.29, 0.717) is 12.6 Å². The summed E-state index contributed by atoms with van der Waals surface area (Å²) >= 11 is 0. The number of nitrogens with zero attached hydrogens (tertiary/aromatic N) is 2. The third-order valence-corrected chi connectivity index (χ3v) is 4.55. The molecule has 138 valence electrons. The Hall–Kier alpha value is -0.110. The van der Waals surface area contributed by atoms with Crippen LogP contribution in [0.2, 0.25) is 0 Å². The standard InChI is InChI=1S/C15H29N3O3.2ClH/c1-4-13-11-18(7-6-17(13)8-10-20-3)15(19)14-12(2)21-9-5-16-14;;/h12-14,16H,4-11H2,1-3H3;2*1H/t12-,13?,14+;;/m1../s1. The lowest BCUT2D eigenvalue weighted by molar-refractivity contribution is -0.142. The molecule has 2 rings (SSSR count). The number of methoxy groups -OCH3 is 1. The highest BCUT2D eigenvalue weighted by Gasteiger charge is 2.35. The minimum Gasteiger partial charge on any atom is -0.383 e. The average molecular weight is 372 g/mol. The van der Waals surface area contributed by atoms with E-state index in [1.54, 1.807) is 7.11 Å². The lowest BCUT2D eigenvalue weighted by atomic mass is 10.1. The fourth-order valence-corrected chi connectivity index (χ4v) is 3.19. The third-order valence-electron chi connectivity index (χ3n) is 4.55. The maximum absolute atomic E-state index is 12.7. The number of halogens is 2. The number of nitrogens with one attached hydrogen (secondary N) is 1. The van der Waals surface area contributed by atoms with Crippen LogP contribution in [0.4, 0.5) is 0 Å². The Balaban J connectivity index is 0.00000242. The molecule has 0 aromatic carbocycles. The molecule has 0 spiro atoms. The minimum atomic E-state index is -0.193. The van der Waals surface area contributed by atoms with Crippen molar-refractivity contribution in [1.29, 1.82) is 0 Å². The highest BCUT2D eigenvalue weighted by molar-refractivity contribution is 5.85. The van der Waals surface area contributed by atoms with Gasteiger partial charge in [-0.1, -0.05) is 6.92 Å². The molecule has 0 bridgehead atoms. The third kappa shape index (κ3) is 6.03. The van der Waals surface area contributed by atoms with Gasteiger partial charge in [0.25, 0.3) is 0 Å². The molecule has 8 heteroatoms. The summed E-state index contributed by atoms with van der Waals surface area (Å²) in [5, 5.41) is 3.29. The monoisotopic (exact) mass is 371 g/mol. The van der Waals surface area contributed by atoms with Crippen LogP contribution in [0.15, 0.2) is 0 Å². The Morgan fingerprint density at radius 2 is 2.09 bits per heavy atom. The molecule has 3 atom stereocenters. The number of hydrogen-bond acceptors (Lipinski definition) is 5. The molecule has 2 aliphatic rings. The first-order chi connectivity index (χ1) is 10.2. The molecule has 2 fully saturated rings. The van der Waals surface area contributed by atoms with Gasteiger partial charge < -0.3 is 19.7 Å². The summed E-state index contributed by atoms with van der Waals surface area (Å²) in [5.74, 6) is 0.187. The molecule has 2 saturated heterocycles. The van der Waals surface area contributed by atoms with E-state index < -0.39 is 0 Å². The van der Waals surface area contributed by atoms with Crippen molar-refractivity contribution in [2.45, 2.75) is 38.5 Å². The molecule has 2 heterocycles. The van der Waals surface area contributed by atoms with Gasteiger partial charge >= 0.3 is 0 Å². The van der Waals surface area contributed by atoms with E-state index in [0.717, 1.165) is 45.8 Å². The first-order valence-corrected chi connectivity index (χ1v) is 8.04. The van der Waals surface area contributed by atoms with Crippen molar-refractivity contribution in [1.82, 2.24) is 15.1 Å². The first kappa shape index (κ1) is 22.9. The van der Waals surface area contributed by atoms with Gasteiger partial charge in [0.15, 0.2) is 0 Å². The second-order valence-electron chi connectivity index (χ2n) is 5.88. The molecule has 6 nitrogen and oxygen atoms in total. The van der Waals surface area contributed by atoms with E-state index in [1.807, 2.05) is 11.8 Å². The van der Waals surface area contributed by atoms with Crippen LogP contribution in [-0.2, 0) is 14.3 Å². The summed E-state index contributed by atoms with van der Waals surface area (Å²) in [6, 6.07) is 0.236. The minimum absolute atomic E-state index is 0. The van der Waals surface area contributed by atoms with Crippen LogP contribution < -0.4 is 5.32 Å². The van der Waals surface area contributed by atoms with Crippen LogP contribution in [0.3, 0.4) is 0 Å². The van der Waals surface area contributed by atoms with Gasteiger partial charge in [-0.3, -0.25) is 9.69 Å². The zero-order valence-corrected chi connectivity index (χ0v) is 16.0. The summed E-state index contributed by atoms with van der Waals surface area (Å²) < 4.78 is 10.8. The molecule has 1 N–H and O–H groups in total. The lowest BCUT2D eigenvalue weighted by Gasteiger charge is -2.43. The highest BCUT2D eigenvalue weighted by atomic mass is 35.5. The predicted molar refractivity (Wildman–Crippen MR) is 95.8 cm³/mol. The van der Waals surface area contributed by atoms with Crippen LogP contribution in [0.25, 0.3) is 0 Å². The summed E-state index contributed by atoms with van der Waals surface area (Å²) in [7, 11) is 1.73. The maximum atomic E-state index is 12.7. The molecule has 0 aromatic rings. The van der Waals surface area contributed by atoms with E-state index in [-0.39, 0.29) is 42.9 Å². The summed E-state index contributed by atoms with van der Waals surface area (Å²) in [6.45, 7) is 9.82. The number of carbonyl (C=O) groups excluding carboxylic acids is 1. The number of piperazine rings is 1. The number of amides is 1. The van der Waals surface area contributed by atoms with Crippen LogP contribution in [0, 0.1) is 0 Å². The van der Waals surface area contributed by atoms with Crippen molar-refractivity contribution in [3.8, 4) is 0 Å². The van der Waals surface area contributed by atoms with Gasteiger partial charge in [-0.25, -0.2) is 0 Å². The van der Waals surface area contributed by atoms with E-state index in [2.05, 4.69) is 17.1 Å². The van der Waals surface area contributed by atoms with Crippen molar-refractivity contribution < 1.29 is 14.3 Å². The summed E-state index contributed by atoms with van der Waals surface area (Å²) in [4.78, 5) is 17.1. The van der Waals surface area contributed by atoms with Gasteiger partial charge in [0.05, 0.1) is 19.3 Å². The zero-order valence-electron chi connectivity index (χ0n) is 14.3. The van der Waals surface area contributed by atoms with Gasteiger partial charge in [-0.2, -0.15) is 0 Å². The number of carbonyl (C=O) groups is 1. The molecule has 0 aliphatic carbocycles. The second kappa shape index (κ2) is 11.4. The Morgan fingerprint density at radius 1 is 1.35 bits per heavy atom. The molecule has 2 aliphatic heterocycles. The molecule has 1 unspecified atom stereocenters. The molecule has 0 aromatic heterocycles. The lowest BCUT2D eigenvalue weighted by Crippen LogP contribution is -2.61. The Bertz CT molecular complexity index is 350. The molecular formula is C15H31Cl2N3O3. The quantitative estimate of drug-likeness (QED) is 0.773. The van der Waals surface area contributed by atoms with Crippen LogP contribution in [0.5, 0.6) is 0 Å². The van der Waals surface area contributed by atoms with Gasteiger partial charge in [0.2, 0.25) is 5.91 Å². The maximum Gasteiger partial charge on any atom is 0.242 e. The van der Waals surface area contributed by atoms with Crippen molar-refractivity contribution in [2.24, 2.45) is 0 Å². The van der Waals surface area contributed by atoms with E-state index >= 15 is 0 Å². The molecule has 0 saturated carbocycles. The average Bonchev–Trinajstić information content (AvgIpc) is 2.52. The normalized spacial score (nSPS) is 28.7. The Morgan fingerprint density at radius 3 is 2.70 bits per heavy atom. The largest absolute Gasteiger partial charge is 0.383 e. The van der Waals surface area contributed by atoms with Gasteiger partial charge in [-0.15, -0.1) is 24.8 Å². The van der Waals surface area contributed by atoms with Crippen LogP contribution >= 0.6 is 24.8 Å². The molecule has 1 amide bonds. The summed E-state index contributed by atoms with van der Waals surface area (Å²) in [6.07, 6.45) is 1.01. The molecular weight excluding hydrogens is 341 g/mol. The Labute approximate surface area is 152 Å². The SMILES string of the molecule is CCC1CN(C(=O)[C@H]2NCCO[C@@H]2C)CCN1CCOC.Cl.Cl. The topological polar surface area (TPSA) is 54.0 Å². The van der Waals surface area contributed by atoms with Crippen molar-refractivity contribution in [3.05, 3.63) is 0 Å². The summed E-state index contributed by atoms with van der Waals surface area (Å²) in [5.41, 5.74) is 0. The Kier molecular flexibility index (Phi) is 11.4. The fourth-order valence-electron chi connectivity index (χ4n) is 3.19. The van der Waals surface area contributed by atoms with E-state index in [1.165, 1.54) is 0 Å². The highest BCUT2D eigenvalue weighted by Crippen LogP contribution is 2.16. The van der Waals surface area contributed by atoms with Crippen molar-refractivity contribution in [2.75, 3.05) is 53.0 Å². The number of ether oxygens (including phenoxy) is 2. The molecule has 0 radical (unpaired) electrons. The fraction of sp³-hybridized carbons (Fsp3) is 0.933. The van der Waals surface area contributed by atoms with Crippen molar-refractivity contribution >= 4 is 30.7 Å². The van der Waals surface area contributed by atoms with E-state index in [4.69, 9.17) is 9.47 Å². The number of rotatable bonds is 5. The van der Waals surface area contributed by atoms with Gasteiger partial charge in [0.1, 0.15) is 6.04 Å². The zero-order chi connectivity index (χ0) is 15.2. The van der Waals surface area contributed by atoms with Crippen LogP contribution in [0.1, 0.15) is 20.3 Å². The second-order valence-corrected chi connectivity index (χ2v) is 5.88. The van der Waals surface area contributed by atoms with E-state index in [9.17, 15) is 4.79 Å².